The monoisotopic (exact) mass is 319 g/mol. The maximum Gasteiger partial charge on any atom is 0.0558 e. The third-order valence-corrected chi connectivity index (χ3v) is 5.38. The van der Waals surface area contributed by atoms with E-state index in [4.69, 9.17) is 0 Å². The van der Waals surface area contributed by atoms with Gasteiger partial charge in [0.1, 0.15) is 0 Å². The Balaban J connectivity index is 2.36. The van der Waals surface area contributed by atoms with Gasteiger partial charge < -0.3 is 10.4 Å². The lowest BCUT2D eigenvalue weighted by Crippen LogP contribution is -2.47. The molecular weight excluding hydrogens is 286 g/mol. The van der Waals surface area contributed by atoms with E-state index in [2.05, 4.69) is 55.9 Å². The van der Waals surface area contributed by atoms with Gasteiger partial charge in [-0.15, -0.1) is 0 Å². The zero-order chi connectivity index (χ0) is 17.0. The van der Waals surface area contributed by atoms with Crippen LogP contribution in [-0.2, 0) is 0 Å². The van der Waals surface area contributed by atoms with Gasteiger partial charge in [0.2, 0.25) is 0 Å². The lowest BCUT2D eigenvalue weighted by molar-refractivity contribution is 0.129. The van der Waals surface area contributed by atoms with Crippen molar-refractivity contribution in [3.63, 3.8) is 0 Å². The quantitative estimate of drug-likeness (QED) is 0.838. The molecule has 4 nitrogen and oxygen atoms in total. The third kappa shape index (κ3) is 4.32. The molecule has 1 aromatic carbocycles. The van der Waals surface area contributed by atoms with E-state index >= 15 is 0 Å². The van der Waals surface area contributed by atoms with Gasteiger partial charge in [-0.25, -0.2) is 0 Å². The molecular formula is C19H33N3O. The van der Waals surface area contributed by atoms with Crippen molar-refractivity contribution >= 4 is 0 Å². The molecule has 1 aliphatic rings. The van der Waals surface area contributed by atoms with Gasteiger partial charge >= 0.3 is 0 Å². The van der Waals surface area contributed by atoms with Gasteiger partial charge in [-0.05, 0) is 62.6 Å². The second kappa shape index (κ2) is 8.25. The molecule has 1 aromatic rings. The molecule has 1 fully saturated rings. The van der Waals surface area contributed by atoms with Crippen molar-refractivity contribution in [3.05, 3.63) is 33.9 Å². The number of piperazine rings is 1. The highest BCUT2D eigenvalue weighted by Gasteiger charge is 2.25. The van der Waals surface area contributed by atoms with Gasteiger partial charge in [0.15, 0.2) is 0 Å². The van der Waals surface area contributed by atoms with E-state index in [-0.39, 0.29) is 6.61 Å². The van der Waals surface area contributed by atoms with Crippen LogP contribution >= 0.6 is 0 Å². The molecule has 0 radical (unpaired) electrons. The number of rotatable bonds is 6. The second-order valence-electron chi connectivity index (χ2n) is 6.94. The Kier molecular flexibility index (Phi) is 6.60. The van der Waals surface area contributed by atoms with E-state index < -0.39 is 0 Å². The SMILES string of the molecule is Cc1cc(C)c(C)c(C(CN2CCNCC2)N(C)CCO)c1C. The third-order valence-electron chi connectivity index (χ3n) is 5.38. The summed E-state index contributed by atoms with van der Waals surface area (Å²) in [5.41, 5.74) is 6.99. The predicted octanol–water partition coefficient (Wildman–Crippen LogP) is 1.79. The lowest BCUT2D eigenvalue weighted by Gasteiger charge is -2.37. The smallest absolute Gasteiger partial charge is 0.0558 e. The summed E-state index contributed by atoms with van der Waals surface area (Å²) in [5.74, 6) is 0. The highest BCUT2D eigenvalue weighted by Crippen LogP contribution is 2.31. The van der Waals surface area contributed by atoms with Crippen LogP contribution in [0.25, 0.3) is 0 Å². The Bertz CT molecular complexity index is 498. The summed E-state index contributed by atoms with van der Waals surface area (Å²) < 4.78 is 0. The minimum atomic E-state index is 0.206. The largest absolute Gasteiger partial charge is 0.395 e. The summed E-state index contributed by atoms with van der Waals surface area (Å²) in [6.45, 7) is 15.2. The van der Waals surface area contributed by atoms with E-state index in [1.165, 1.54) is 27.8 Å². The molecule has 1 aliphatic heterocycles. The van der Waals surface area contributed by atoms with Crippen molar-refractivity contribution in [2.75, 3.05) is 52.9 Å². The fourth-order valence-corrected chi connectivity index (χ4v) is 3.65. The van der Waals surface area contributed by atoms with Crippen molar-refractivity contribution in [1.29, 1.82) is 0 Å². The van der Waals surface area contributed by atoms with E-state index in [0.29, 0.717) is 12.6 Å². The number of hydrogen-bond acceptors (Lipinski definition) is 4. The normalized spacial score (nSPS) is 17.7. The fourth-order valence-electron chi connectivity index (χ4n) is 3.65. The molecule has 0 aromatic heterocycles. The van der Waals surface area contributed by atoms with E-state index in [1.807, 2.05) is 0 Å². The Morgan fingerprint density at radius 2 is 1.70 bits per heavy atom. The molecule has 2 N–H and O–H groups in total. The van der Waals surface area contributed by atoms with Crippen LogP contribution in [0.4, 0.5) is 0 Å². The molecule has 0 spiro atoms. The second-order valence-corrected chi connectivity index (χ2v) is 6.94. The Morgan fingerprint density at radius 3 is 2.22 bits per heavy atom. The first kappa shape index (κ1) is 18.4. The van der Waals surface area contributed by atoms with Gasteiger partial charge in [-0.3, -0.25) is 9.80 Å². The number of nitrogens with one attached hydrogen (secondary N) is 1. The summed E-state index contributed by atoms with van der Waals surface area (Å²) in [7, 11) is 2.14. The predicted molar refractivity (Wildman–Crippen MR) is 97.2 cm³/mol. The van der Waals surface area contributed by atoms with E-state index in [9.17, 15) is 5.11 Å². The van der Waals surface area contributed by atoms with Crippen LogP contribution in [0.15, 0.2) is 6.07 Å². The first-order valence-electron chi connectivity index (χ1n) is 8.77. The van der Waals surface area contributed by atoms with Crippen LogP contribution in [0.5, 0.6) is 0 Å². The molecule has 1 heterocycles. The van der Waals surface area contributed by atoms with Crippen LogP contribution in [-0.4, -0.2) is 67.8 Å². The zero-order valence-corrected chi connectivity index (χ0v) is 15.4. The highest BCUT2D eigenvalue weighted by molar-refractivity contribution is 5.46. The number of benzene rings is 1. The van der Waals surface area contributed by atoms with E-state index in [0.717, 1.165) is 32.7 Å². The van der Waals surface area contributed by atoms with Crippen molar-refractivity contribution < 1.29 is 5.11 Å². The molecule has 2 rings (SSSR count). The van der Waals surface area contributed by atoms with Gasteiger partial charge in [-0.1, -0.05) is 6.07 Å². The molecule has 0 amide bonds. The molecule has 23 heavy (non-hydrogen) atoms. The van der Waals surface area contributed by atoms with Crippen molar-refractivity contribution in [2.24, 2.45) is 0 Å². The Morgan fingerprint density at radius 1 is 1.13 bits per heavy atom. The van der Waals surface area contributed by atoms with Gasteiger partial charge in [0, 0.05) is 45.3 Å². The molecule has 0 bridgehead atoms. The standard InChI is InChI=1S/C19H33N3O/c1-14-12-15(2)17(4)19(16(14)3)18(21(5)10-11-23)13-22-8-6-20-7-9-22/h12,18,20,23H,6-11,13H2,1-5H3. The maximum atomic E-state index is 9.42. The summed E-state index contributed by atoms with van der Waals surface area (Å²) in [4.78, 5) is 4.86. The molecule has 1 unspecified atom stereocenters. The Hall–Kier alpha value is -0.940. The molecule has 0 saturated carbocycles. The van der Waals surface area contributed by atoms with Crippen LogP contribution in [0.1, 0.15) is 33.9 Å². The minimum Gasteiger partial charge on any atom is -0.395 e. The van der Waals surface area contributed by atoms with Crippen molar-refractivity contribution in [1.82, 2.24) is 15.1 Å². The average molecular weight is 319 g/mol. The van der Waals surface area contributed by atoms with Gasteiger partial charge in [0.25, 0.3) is 0 Å². The zero-order valence-electron chi connectivity index (χ0n) is 15.4. The summed E-state index contributed by atoms with van der Waals surface area (Å²) >= 11 is 0. The van der Waals surface area contributed by atoms with Crippen molar-refractivity contribution in [3.8, 4) is 0 Å². The number of aryl methyl sites for hydroxylation is 2. The number of likely N-dealkylation sites (N-methyl/N-ethyl adjacent to an activating group) is 1. The van der Waals surface area contributed by atoms with Gasteiger partial charge in [0.05, 0.1) is 6.61 Å². The van der Waals surface area contributed by atoms with Gasteiger partial charge in [-0.2, -0.15) is 0 Å². The molecule has 130 valence electrons. The van der Waals surface area contributed by atoms with Crippen LogP contribution in [0.2, 0.25) is 0 Å². The lowest BCUT2D eigenvalue weighted by atomic mass is 9.88. The number of aliphatic hydroxyl groups excluding tert-OH is 1. The first-order chi connectivity index (χ1) is 11.0. The summed E-state index contributed by atoms with van der Waals surface area (Å²) in [5, 5.41) is 12.8. The van der Waals surface area contributed by atoms with Crippen LogP contribution in [0.3, 0.4) is 0 Å². The average Bonchev–Trinajstić information content (AvgIpc) is 2.53. The minimum absolute atomic E-state index is 0.206. The molecule has 4 heteroatoms. The summed E-state index contributed by atoms with van der Waals surface area (Å²) in [6, 6.07) is 2.63. The topological polar surface area (TPSA) is 38.7 Å². The number of nitrogens with zero attached hydrogens (tertiary/aromatic N) is 2. The maximum absolute atomic E-state index is 9.42. The number of hydrogen-bond donors (Lipinski definition) is 2. The van der Waals surface area contributed by atoms with E-state index in [1.54, 1.807) is 0 Å². The number of aliphatic hydroxyl groups is 1. The van der Waals surface area contributed by atoms with Crippen LogP contribution < -0.4 is 5.32 Å². The van der Waals surface area contributed by atoms with Crippen molar-refractivity contribution in [2.45, 2.75) is 33.7 Å². The molecule has 1 saturated heterocycles. The summed E-state index contributed by atoms with van der Waals surface area (Å²) in [6.07, 6.45) is 0. The molecule has 0 aliphatic carbocycles. The van der Waals surface area contributed by atoms with Crippen LogP contribution in [0, 0.1) is 27.7 Å². The highest BCUT2D eigenvalue weighted by atomic mass is 16.3. The molecule has 1 atom stereocenters. The first-order valence-corrected chi connectivity index (χ1v) is 8.77. The fraction of sp³-hybridized carbons (Fsp3) is 0.684. The Labute approximate surface area is 141 Å².